The second-order valence-corrected chi connectivity index (χ2v) is 6.32. The molecule has 3 rings (SSSR count). The quantitative estimate of drug-likeness (QED) is 0.767. The van der Waals surface area contributed by atoms with Crippen molar-refractivity contribution in [1.82, 2.24) is 19.4 Å². The number of benzene rings is 1. The van der Waals surface area contributed by atoms with Crippen molar-refractivity contribution >= 4 is 16.9 Å². The van der Waals surface area contributed by atoms with Crippen LogP contribution in [0.3, 0.4) is 0 Å². The molecule has 1 N–H and O–H groups in total. The first-order valence-corrected chi connectivity index (χ1v) is 8.21. The number of hydrogen-bond donors (Lipinski definition) is 1. The molecule has 0 aliphatic heterocycles. The molecule has 0 spiro atoms. The number of rotatable bonds is 3. The zero-order valence-electron chi connectivity index (χ0n) is 15.2. The van der Waals surface area contributed by atoms with Crippen LogP contribution in [-0.4, -0.2) is 20.0 Å². The zero-order valence-corrected chi connectivity index (χ0v) is 15.2. The molecule has 1 aromatic carbocycles. The van der Waals surface area contributed by atoms with Gasteiger partial charge in [-0.15, -0.1) is 0 Å². The van der Waals surface area contributed by atoms with Gasteiger partial charge in [0.2, 0.25) is 0 Å². The predicted octanol–water partition coefficient (Wildman–Crippen LogP) is 1.18. The number of carbonyl (C=O) groups excluding carboxylic acids is 1. The van der Waals surface area contributed by atoms with E-state index in [1.165, 1.54) is 18.7 Å². The van der Waals surface area contributed by atoms with E-state index in [2.05, 4.69) is 10.3 Å². The Morgan fingerprint density at radius 2 is 1.81 bits per heavy atom. The van der Waals surface area contributed by atoms with Crippen molar-refractivity contribution in [2.24, 2.45) is 14.1 Å². The average molecular weight is 352 g/mol. The predicted molar refractivity (Wildman–Crippen MR) is 99.3 cm³/mol. The van der Waals surface area contributed by atoms with Crippen LogP contribution in [0.25, 0.3) is 11.0 Å². The van der Waals surface area contributed by atoms with Gasteiger partial charge in [-0.05, 0) is 31.0 Å². The average Bonchev–Trinajstić information content (AvgIpc) is 2.63. The lowest BCUT2D eigenvalue weighted by Crippen LogP contribution is -2.38. The van der Waals surface area contributed by atoms with E-state index in [0.29, 0.717) is 12.2 Å². The van der Waals surface area contributed by atoms with Crippen LogP contribution in [0.1, 0.15) is 27.2 Å². The van der Waals surface area contributed by atoms with Gasteiger partial charge in [-0.1, -0.05) is 24.3 Å². The van der Waals surface area contributed by atoms with Crippen molar-refractivity contribution in [3.8, 4) is 0 Å². The van der Waals surface area contributed by atoms with Crippen LogP contribution in [-0.2, 0) is 20.6 Å². The van der Waals surface area contributed by atoms with Crippen molar-refractivity contribution in [2.45, 2.75) is 20.4 Å². The van der Waals surface area contributed by atoms with Gasteiger partial charge in [-0.3, -0.25) is 18.7 Å². The Morgan fingerprint density at radius 3 is 2.50 bits per heavy atom. The first kappa shape index (κ1) is 17.6. The number of hydrogen-bond acceptors (Lipinski definition) is 4. The third-order valence-electron chi connectivity index (χ3n) is 4.48. The fourth-order valence-electron chi connectivity index (χ4n) is 2.94. The summed E-state index contributed by atoms with van der Waals surface area (Å²) >= 11 is 0. The monoisotopic (exact) mass is 352 g/mol. The van der Waals surface area contributed by atoms with E-state index >= 15 is 0 Å². The van der Waals surface area contributed by atoms with E-state index in [1.54, 1.807) is 13.0 Å². The zero-order chi connectivity index (χ0) is 19.0. The Kier molecular flexibility index (Phi) is 4.46. The minimum atomic E-state index is -0.531. The van der Waals surface area contributed by atoms with E-state index in [0.717, 1.165) is 15.7 Å². The van der Waals surface area contributed by atoms with Crippen molar-refractivity contribution in [3.63, 3.8) is 0 Å². The van der Waals surface area contributed by atoms with Crippen LogP contribution < -0.4 is 16.6 Å². The number of fused-ring (bicyclic) bond motifs is 1. The highest BCUT2D eigenvalue weighted by Gasteiger charge is 2.19. The summed E-state index contributed by atoms with van der Waals surface area (Å²) in [5.41, 5.74) is 2.04. The summed E-state index contributed by atoms with van der Waals surface area (Å²) in [5.74, 6) is -0.375. The normalized spacial score (nSPS) is 10.9. The third-order valence-corrected chi connectivity index (χ3v) is 4.48. The van der Waals surface area contributed by atoms with Gasteiger partial charge in [0.05, 0.1) is 10.9 Å². The molecule has 0 bridgehead atoms. The second kappa shape index (κ2) is 6.59. The molecule has 0 aliphatic carbocycles. The van der Waals surface area contributed by atoms with E-state index in [4.69, 9.17) is 0 Å². The summed E-state index contributed by atoms with van der Waals surface area (Å²) in [7, 11) is 2.92. The maximum Gasteiger partial charge on any atom is 0.332 e. The summed E-state index contributed by atoms with van der Waals surface area (Å²) in [6.07, 6.45) is 0. The van der Waals surface area contributed by atoms with Crippen molar-refractivity contribution in [3.05, 3.63) is 73.6 Å². The number of nitrogens with zero attached hydrogens (tertiary/aromatic N) is 3. The second-order valence-electron chi connectivity index (χ2n) is 6.32. The molecule has 2 aromatic heterocycles. The molecule has 0 radical (unpaired) electrons. The molecule has 26 heavy (non-hydrogen) atoms. The minimum absolute atomic E-state index is 0.141. The van der Waals surface area contributed by atoms with Crippen LogP contribution in [0.2, 0.25) is 0 Å². The standard InChI is InChI=1S/C19H20N4O3/c1-11-7-5-6-8-13(11)10-20-17(24)14-9-12(2)21-16-15(14)18(25)23(4)19(26)22(16)3/h5-9H,10H2,1-4H3,(H,20,24). The Bertz CT molecular complexity index is 1140. The summed E-state index contributed by atoms with van der Waals surface area (Å²) in [4.78, 5) is 41.8. The van der Waals surface area contributed by atoms with E-state index in [9.17, 15) is 14.4 Å². The first-order valence-electron chi connectivity index (χ1n) is 8.21. The Labute approximate surface area is 149 Å². The van der Waals surface area contributed by atoms with E-state index < -0.39 is 11.2 Å². The topological polar surface area (TPSA) is 86.0 Å². The smallest absolute Gasteiger partial charge is 0.332 e. The lowest BCUT2D eigenvalue weighted by atomic mass is 10.1. The number of carbonyl (C=O) groups is 1. The molecule has 2 heterocycles. The fourth-order valence-corrected chi connectivity index (χ4v) is 2.94. The Balaban J connectivity index is 2.10. The number of amides is 1. The minimum Gasteiger partial charge on any atom is -0.348 e. The van der Waals surface area contributed by atoms with Gasteiger partial charge in [-0.2, -0.15) is 0 Å². The van der Waals surface area contributed by atoms with Gasteiger partial charge in [0.15, 0.2) is 0 Å². The van der Waals surface area contributed by atoms with Gasteiger partial charge in [-0.25, -0.2) is 9.78 Å². The van der Waals surface area contributed by atoms with Gasteiger partial charge >= 0.3 is 5.69 Å². The highest BCUT2D eigenvalue weighted by atomic mass is 16.2. The molecule has 134 valence electrons. The molecule has 7 heteroatoms. The summed E-state index contributed by atoms with van der Waals surface area (Å²) in [5, 5.41) is 3.00. The fraction of sp³-hybridized carbons (Fsp3) is 0.263. The van der Waals surface area contributed by atoms with Gasteiger partial charge < -0.3 is 5.32 Å². The van der Waals surface area contributed by atoms with Crippen LogP contribution in [0, 0.1) is 13.8 Å². The molecule has 0 unspecified atom stereocenters. The summed E-state index contributed by atoms with van der Waals surface area (Å²) in [6, 6.07) is 9.32. The molecular formula is C19H20N4O3. The summed E-state index contributed by atoms with van der Waals surface area (Å²) < 4.78 is 2.26. The van der Waals surface area contributed by atoms with Crippen molar-refractivity contribution < 1.29 is 4.79 Å². The Hall–Kier alpha value is -3.22. The molecule has 3 aromatic rings. The van der Waals surface area contributed by atoms with Gasteiger partial charge in [0.25, 0.3) is 11.5 Å². The van der Waals surface area contributed by atoms with Crippen LogP contribution in [0.15, 0.2) is 39.9 Å². The molecule has 0 saturated carbocycles. The molecule has 7 nitrogen and oxygen atoms in total. The maximum atomic E-state index is 12.8. The lowest BCUT2D eigenvalue weighted by Gasteiger charge is -2.12. The maximum absolute atomic E-state index is 12.8. The van der Waals surface area contributed by atoms with Crippen LogP contribution >= 0.6 is 0 Å². The van der Waals surface area contributed by atoms with Crippen LogP contribution in [0.4, 0.5) is 0 Å². The Morgan fingerprint density at radius 1 is 1.12 bits per heavy atom. The molecule has 0 fully saturated rings. The highest BCUT2D eigenvalue weighted by molar-refractivity contribution is 6.05. The number of nitrogens with one attached hydrogen (secondary N) is 1. The molecule has 0 aliphatic rings. The number of pyridine rings is 1. The van der Waals surface area contributed by atoms with E-state index in [1.807, 2.05) is 31.2 Å². The molecule has 0 saturated heterocycles. The summed E-state index contributed by atoms with van der Waals surface area (Å²) in [6.45, 7) is 4.04. The first-order chi connectivity index (χ1) is 12.3. The molecule has 1 amide bonds. The molecule has 0 atom stereocenters. The largest absolute Gasteiger partial charge is 0.348 e. The van der Waals surface area contributed by atoms with Gasteiger partial charge in [0.1, 0.15) is 5.65 Å². The lowest BCUT2D eigenvalue weighted by molar-refractivity contribution is 0.0952. The van der Waals surface area contributed by atoms with Crippen LogP contribution in [0.5, 0.6) is 0 Å². The highest BCUT2D eigenvalue weighted by Crippen LogP contribution is 2.14. The van der Waals surface area contributed by atoms with Gasteiger partial charge in [0, 0.05) is 26.3 Å². The van der Waals surface area contributed by atoms with Crippen molar-refractivity contribution in [1.29, 1.82) is 0 Å². The third kappa shape index (κ3) is 2.92. The van der Waals surface area contributed by atoms with Crippen molar-refractivity contribution in [2.75, 3.05) is 0 Å². The van der Waals surface area contributed by atoms with E-state index in [-0.39, 0.29) is 22.5 Å². The molecular weight excluding hydrogens is 332 g/mol. The number of aryl methyl sites for hydroxylation is 3. The number of aromatic nitrogens is 3. The SMILES string of the molecule is Cc1cc(C(=O)NCc2ccccc2C)c2c(=O)n(C)c(=O)n(C)c2n1.